The van der Waals surface area contributed by atoms with E-state index in [0.717, 1.165) is 5.33 Å². The topological polar surface area (TPSA) is 76.7 Å². The summed E-state index contributed by atoms with van der Waals surface area (Å²) in [7, 11) is 0. The number of alkyl halides is 1. The second kappa shape index (κ2) is 9.13. The number of nitrogens with one attached hydrogen (secondary N) is 2. The number of benzene rings is 2. The minimum atomic E-state index is -1.31. The van der Waals surface area contributed by atoms with E-state index < -0.39 is 17.5 Å². The van der Waals surface area contributed by atoms with Gasteiger partial charge in [-0.15, -0.1) is 0 Å². The molecule has 29 heavy (non-hydrogen) atoms. The molecule has 3 rings (SSSR count). The highest BCUT2D eigenvalue weighted by Gasteiger charge is 2.49. The van der Waals surface area contributed by atoms with Gasteiger partial charge in [-0.2, -0.15) is 0 Å². The molecule has 0 spiro atoms. The first kappa shape index (κ1) is 20.9. The van der Waals surface area contributed by atoms with E-state index in [2.05, 4.69) is 40.1 Å². The molecule has 3 amide bonds. The summed E-state index contributed by atoms with van der Waals surface area (Å²) in [6.07, 6.45) is 1.66. The van der Waals surface area contributed by atoms with Gasteiger partial charge in [-0.1, -0.05) is 59.8 Å². The van der Waals surface area contributed by atoms with Crippen LogP contribution in [-0.2, 0) is 10.3 Å². The summed E-state index contributed by atoms with van der Waals surface area (Å²) in [5.41, 5.74) is -0.0368. The van der Waals surface area contributed by atoms with Gasteiger partial charge in [0.05, 0.1) is 6.61 Å². The summed E-state index contributed by atoms with van der Waals surface area (Å²) in [6, 6.07) is 13.7. The van der Waals surface area contributed by atoms with Crippen molar-refractivity contribution in [2.45, 2.75) is 12.5 Å². The van der Waals surface area contributed by atoms with Crippen LogP contribution in [0.3, 0.4) is 0 Å². The molecule has 2 aromatic carbocycles. The largest absolute Gasteiger partial charge is 0.493 e. The Labute approximate surface area is 178 Å². The average Bonchev–Trinajstić information content (AvgIpc) is 3.05. The van der Waals surface area contributed by atoms with E-state index in [1.54, 1.807) is 54.6 Å². The Morgan fingerprint density at radius 3 is 2.03 bits per heavy atom. The fourth-order valence-corrected chi connectivity index (χ4v) is 3.26. The molecule has 2 atom stereocenters. The Morgan fingerprint density at radius 1 is 1.03 bits per heavy atom. The van der Waals surface area contributed by atoms with E-state index in [1.165, 1.54) is 0 Å². The van der Waals surface area contributed by atoms with Crippen LogP contribution in [0.2, 0.25) is 0 Å². The van der Waals surface area contributed by atoms with Gasteiger partial charge < -0.3 is 14.8 Å². The number of carbonyl (C=O) groups excluding carboxylic acids is 2. The first-order valence-electron chi connectivity index (χ1n) is 9.26. The van der Waals surface area contributed by atoms with Gasteiger partial charge in [0.15, 0.2) is 5.54 Å². The van der Waals surface area contributed by atoms with Gasteiger partial charge in [-0.05, 0) is 41.3 Å². The molecule has 2 N–H and O–H groups in total. The molecule has 0 aromatic heterocycles. The molecule has 1 aliphatic rings. The van der Waals surface area contributed by atoms with Crippen LogP contribution in [0.4, 0.5) is 4.79 Å². The highest BCUT2D eigenvalue weighted by atomic mass is 79.9. The lowest BCUT2D eigenvalue weighted by atomic mass is 9.83. The molecule has 152 valence electrons. The third kappa shape index (κ3) is 4.45. The standard InChI is InChI=1S/C22H23BrN2O4/c1-3-12-28-18-8-4-16(5-9-18)22(20(26)24-21(27)25-22)17-6-10-19(11-7-17)29-14-15(2)13-23/h3-11,15H,1,12-14H2,2H3,(H2,24,25,26,27)/t15?,22-/m0/s1. The Hall–Kier alpha value is -2.80. The molecule has 1 saturated heterocycles. The minimum Gasteiger partial charge on any atom is -0.493 e. The van der Waals surface area contributed by atoms with Crippen molar-refractivity contribution >= 4 is 27.9 Å². The molecule has 1 fully saturated rings. The minimum absolute atomic E-state index is 0.378. The number of rotatable bonds is 9. The van der Waals surface area contributed by atoms with Crippen LogP contribution in [-0.4, -0.2) is 30.5 Å². The highest BCUT2D eigenvalue weighted by Crippen LogP contribution is 2.34. The number of carbonyl (C=O) groups is 2. The molecular formula is C22H23BrN2O4. The van der Waals surface area contributed by atoms with Gasteiger partial charge in [0, 0.05) is 5.33 Å². The van der Waals surface area contributed by atoms with Crippen LogP contribution in [0, 0.1) is 5.92 Å². The van der Waals surface area contributed by atoms with E-state index in [0.29, 0.717) is 41.8 Å². The number of halogens is 1. The zero-order valence-electron chi connectivity index (χ0n) is 16.1. The van der Waals surface area contributed by atoms with Gasteiger partial charge in [0.1, 0.15) is 18.1 Å². The maximum absolute atomic E-state index is 12.8. The molecule has 2 aromatic rings. The van der Waals surface area contributed by atoms with Crippen molar-refractivity contribution in [3.05, 3.63) is 72.3 Å². The number of ether oxygens (including phenoxy) is 2. The van der Waals surface area contributed by atoms with Gasteiger partial charge in [-0.3, -0.25) is 10.1 Å². The van der Waals surface area contributed by atoms with E-state index >= 15 is 0 Å². The van der Waals surface area contributed by atoms with E-state index in [9.17, 15) is 9.59 Å². The molecule has 6 nitrogen and oxygen atoms in total. The van der Waals surface area contributed by atoms with E-state index in [4.69, 9.17) is 9.47 Å². The average molecular weight is 459 g/mol. The molecule has 0 radical (unpaired) electrons. The third-order valence-corrected chi connectivity index (χ3v) is 5.71. The summed E-state index contributed by atoms with van der Waals surface area (Å²) in [5, 5.41) is 5.99. The van der Waals surface area contributed by atoms with Gasteiger partial charge in [0.2, 0.25) is 0 Å². The lowest BCUT2D eigenvalue weighted by Crippen LogP contribution is -2.44. The Kier molecular flexibility index (Phi) is 6.59. The normalized spacial score (nSPS) is 19.2. The number of urea groups is 1. The predicted molar refractivity (Wildman–Crippen MR) is 114 cm³/mol. The quantitative estimate of drug-likeness (QED) is 0.340. The second-order valence-electron chi connectivity index (χ2n) is 6.88. The molecular weight excluding hydrogens is 436 g/mol. The third-order valence-electron chi connectivity index (χ3n) is 4.61. The first-order valence-corrected chi connectivity index (χ1v) is 10.4. The van der Waals surface area contributed by atoms with Crippen molar-refractivity contribution in [2.24, 2.45) is 5.92 Å². The Bertz CT molecular complexity index is 883. The monoisotopic (exact) mass is 458 g/mol. The smallest absolute Gasteiger partial charge is 0.322 e. The van der Waals surface area contributed by atoms with Crippen molar-refractivity contribution in [1.82, 2.24) is 10.6 Å². The number of amides is 3. The van der Waals surface area contributed by atoms with Gasteiger partial charge in [-0.25, -0.2) is 4.79 Å². The fourth-order valence-electron chi connectivity index (χ4n) is 3.07. The van der Waals surface area contributed by atoms with Crippen molar-refractivity contribution < 1.29 is 19.1 Å². The molecule has 0 aliphatic carbocycles. The molecule has 7 heteroatoms. The molecule has 0 saturated carbocycles. The zero-order valence-corrected chi connectivity index (χ0v) is 17.7. The highest BCUT2D eigenvalue weighted by molar-refractivity contribution is 9.09. The van der Waals surface area contributed by atoms with Crippen LogP contribution < -0.4 is 20.1 Å². The molecule has 1 unspecified atom stereocenters. The Morgan fingerprint density at radius 2 is 1.59 bits per heavy atom. The SMILES string of the molecule is C=CCOc1ccc([C@@]2(c3ccc(OCC(C)CBr)cc3)NC(=O)NC2=O)cc1. The lowest BCUT2D eigenvalue weighted by Gasteiger charge is -2.27. The number of imide groups is 1. The van der Waals surface area contributed by atoms with Crippen LogP contribution in [0.1, 0.15) is 18.1 Å². The molecule has 1 aliphatic heterocycles. The maximum atomic E-state index is 12.8. The number of hydrogen-bond donors (Lipinski definition) is 2. The zero-order chi connectivity index (χ0) is 20.9. The van der Waals surface area contributed by atoms with Crippen LogP contribution in [0.25, 0.3) is 0 Å². The summed E-state index contributed by atoms with van der Waals surface area (Å²) >= 11 is 3.43. The van der Waals surface area contributed by atoms with Crippen LogP contribution in [0.15, 0.2) is 61.2 Å². The predicted octanol–water partition coefficient (Wildman–Crippen LogP) is 3.74. The first-order chi connectivity index (χ1) is 14.0. The maximum Gasteiger partial charge on any atom is 0.322 e. The Balaban J connectivity index is 1.90. The van der Waals surface area contributed by atoms with E-state index in [-0.39, 0.29) is 0 Å². The van der Waals surface area contributed by atoms with Gasteiger partial charge in [0.25, 0.3) is 5.91 Å². The molecule has 1 heterocycles. The fraction of sp³-hybridized carbons (Fsp3) is 0.273. The van der Waals surface area contributed by atoms with E-state index in [1.807, 2.05) is 0 Å². The van der Waals surface area contributed by atoms with Crippen LogP contribution >= 0.6 is 15.9 Å². The van der Waals surface area contributed by atoms with Gasteiger partial charge >= 0.3 is 6.03 Å². The van der Waals surface area contributed by atoms with Crippen molar-refractivity contribution in [3.63, 3.8) is 0 Å². The summed E-state index contributed by atoms with van der Waals surface area (Å²) in [5.74, 6) is 1.30. The van der Waals surface area contributed by atoms with Crippen molar-refractivity contribution in [2.75, 3.05) is 18.5 Å². The number of hydrogen-bond acceptors (Lipinski definition) is 4. The second-order valence-corrected chi connectivity index (χ2v) is 7.52. The molecule has 0 bridgehead atoms. The summed E-state index contributed by atoms with van der Waals surface area (Å²) in [4.78, 5) is 24.8. The van der Waals surface area contributed by atoms with Crippen LogP contribution in [0.5, 0.6) is 11.5 Å². The summed E-state index contributed by atoms with van der Waals surface area (Å²) < 4.78 is 11.3. The van der Waals surface area contributed by atoms with Crippen molar-refractivity contribution in [1.29, 1.82) is 0 Å². The summed E-state index contributed by atoms with van der Waals surface area (Å²) in [6.45, 7) is 6.67. The lowest BCUT2D eigenvalue weighted by molar-refractivity contribution is -0.122. The van der Waals surface area contributed by atoms with Crippen molar-refractivity contribution in [3.8, 4) is 11.5 Å².